The van der Waals surface area contributed by atoms with Crippen molar-refractivity contribution in [2.24, 2.45) is 5.41 Å². The second kappa shape index (κ2) is 6.07. The van der Waals surface area contributed by atoms with E-state index in [1.165, 1.54) is 26.0 Å². The summed E-state index contributed by atoms with van der Waals surface area (Å²) in [7, 11) is 0. The van der Waals surface area contributed by atoms with Gasteiger partial charge in [-0.1, -0.05) is 0 Å². The first-order chi connectivity index (χ1) is 10.7. The van der Waals surface area contributed by atoms with E-state index in [0.29, 0.717) is 16.5 Å². The fourth-order valence-corrected chi connectivity index (χ4v) is 2.06. The van der Waals surface area contributed by atoms with Gasteiger partial charge in [-0.05, 0) is 25.5 Å². The number of aliphatic carboxylic acids is 1. The predicted octanol–water partition coefficient (Wildman–Crippen LogP) is 1.85. The number of carboxylic acid groups (broad SMARTS) is 1. The zero-order valence-electron chi connectivity index (χ0n) is 12.8. The normalized spacial score (nSPS) is 11.4. The highest BCUT2D eigenvalue weighted by Crippen LogP contribution is 2.24. The van der Waals surface area contributed by atoms with Crippen LogP contribution in [-0.2, 0) is 16.0 Å². The number of carbonyl (C=O) groups excluding carboxylic acids is 1. The van der Waals surface area contributed by atoms with E-state index < -0.39 is 16.3 Å². The number of H-pyrrole nitrogens is 1. The fourth-order valence-electron chi connectivity index (χ4n) is 2.06. The molecular formula is C15H17N3O5. The number of fused-ring (bicyclic) bond motifs is 1. The van der Waals surface area contributed by atoms with Crippen molar-refractivity contribution in [1.29, 1.82) is 0 Å². The van der Waals surface area contributed by atoms with Crippen LogP contribution in [0.3, 0.4) is 0 Å². The average molecular weight is 319 g/mol. The quantitative estimate of drug-likeness (QED) is 0.553. The lowest BCUT2D eigenvalue weighted by Crippen LogP contribution is -2.39. The largest absolute Gasteiger partial charge is 0.481 e. The number of hydrogen-bond acceptors (Lipinski definition) is 4. The third-order valence-electron chi connectivity index (χ3n) is 3.62. The van der Waals surface area contributed by atoms with Gasteiger partial charge in [-0.3, -0.25) is 19.7 Å². The van der Waals surface area contributed by atoms with Crippen LogP contribution in [0, 0.1) is 15.5 Å². The Kier molecular flexibility index (Phi) is 4.35. The van der Waals surface area contributed by atoms with Crippen molar-refractivity contribution in [1.82, 2.24) is 10.3 Å². The molecule has 0 saturated carbocycles. The molecule has 0 aliphatic heterocycles. The van der Waals surface area contributed by atoms with Crippen LogP contribution in [0.4, 0.5) is 5.69 Å². The molecule has 8 heteroatoms. The predicted molar refractivity (Wildman–Crippen MR) is 83.1 cm³/mol. The summed E-state index contributed by atoms with van der Waals surface area (Å²) in [5.41, 5.74) is 0.207. The minimum Gasteiger partial charge on any atom is -0.481 e. The zero-order chi connectivity index (χ0) is 17.2. The molecule has 8 nitrogen and oxygen atoms in total. The van der Waals surface area contributed by atoms with Gasteiger partial charge in [0.25, 0.3) is 5.69 Å². The Morgan fingerprint density at radius 3 is 2.70 bits per heavy atom. The number of nitrogens with zero attached hydrogens (tertiary/aromatic N) is 1. The molecule has 0 aliphatic carbocycles. The molecule has 2 aromatic rings. The van der Waals surface area contributed by atoms with E-state index in [1.807, 2.05) is 0 Å². The summed E-state index contributed by atoms with van der Waals surface area (Å²) in [6.45, 7) is 3.04. The minimum absolute atomic E-state index is 0.00364. The molecule has 0 radical (unpaired) electrons. The molecule has 0 bridgehead atoms. The Bertz CT molecular complexity index is 779. The molecular weight excluding hydrogens is 302 g/mol. The number of benzene rings is 1. The van der Waals surface area contributed by atoms with Crippen LogP contribution in [0.5, 0.6) is 0 Å². The Labute approximate surface area is 131 Å². The van der Waals surface area contributed by atoms with Crippen LogP contribution >= 0.6 is 0 Å². The summed E-state index contributed by atoms with van der Waals surface area (Å²) in [4.78, 5) is 36.3. The van der Waals surface area contributed by atoms with E-state index in [4.69, 9.17) is 5.11 Å². The molecule has 0 atom stereocenters. The third kappa shape index (κ3) is 3.65. The Morgan fingerprint density at radius 2 is 2.09 bits per heavy atom. The standard InChI is InChI=1S/C15H17N3O5/c1-15(2,14(20)21)8-17-13(19)5-9-7-16-12-4-3-10(18(22)23)6-11(9)12/h3-4,6-7,16H,5,8H2,1-2H3,(H,17,19)(H,20,21). The van der Waals surface area contributed by atoms with E-state index in [0.717, 1.165) is 0 Å². The maximum atomic E-state index is 12.0. The van der Waals surface area contributed by atoms with Gasteiger partial charge in [0.05, 0.1) is 16.8 Å². The maximum absolute atomic E-state index is 12.0. The number of amides is 1. The number of aromatic amines is 1. The highest BCUT2D eigenvalue weighted by molar-refractivity contribution is 5.90. The molecule has 1 amide bonds. The first-order valence-corrected chi connectivity index (χ1v) is 6.95. The number of nitrogens with one attached hydrogen (secondary N) is 2. The van der Waals surface area contributed by atoms with Gasteiger partial charge in [0.2, 0.25) is 5.91 Å². The highest BCUT2D eigenvalue weighted by Gasteiger charge is 2.27. The van der Waals surface area contributed by atoms with Gasteiger partial charge in [0.1, 0.15) is 0 Å². The molecule has 0 aliphatic rings. The van der Waals surface area contributed by atoms with Gasteiger partial charge < -0.3 is 15.4 Å². The SMILES string of the molecule is CC(C)(CNC(=O)Cc1c[nH]c2ccc([N+](=O)[O-])cc12)C(=O)O. The van der Waals surface area contributed by atoms with E-state index in [2.05, 4.69) is 10.3 Å². The lowest BCUT2D eigenvalue weighted by atomic mass is 9.94. The number of aromatic nitrogens is 1. The molecule has 1 aromatic heterocycles. The van der Waals surface area contributed by atoms with Crippen molar-refractivity contribution in [2.45, 2.75) is 20.3 Å². The van der Waals surface area contributed by atoms with Crippen molar-refractivity contribution in [3.05, 3.63) is 40.1 Å². The highest BCUT2D eigenvalue weighted by atomic mass is 16.6. The van der Waals surface area contributed by atoms with Crippen LogP contribution in [0.1, 0.15) is 19.4 Å². The van der Waals surface area contributed by atoms with E-state index in [-0.39, 0.29) is 24.6 Å². The number of rotatable bonds is 6. The number of nitro groups is 1. The monoisotopic (exact) mass is 319 g/mol. The molecule has 2 rings (SSSR count). The summed E-state index contributed by atoms with van der Waals surface area (Å²) in [5.74, 6) is -1.34. The molecule has 0 fully saturated rings. The lowest BCUT2D eigenvalue weighted by Gasteiger charge is -2.19. The average Bonchev–Trinajstić information content (AvgIpc) is 2.87. The van der Waals surface area contributed by atoms with Crippen molar-refractivity contribution in [2.75, 3.05) is 6.54 Å². The van der Waals surface area contributed by atoms with Gasteiger partial charge in [-0.15, -0.1) is 0 Å². The van der Waals surface area contributed by atoms with Gasteiger partial charge in [0, 0.05) is 35.8 Å². The van der Waals surface area contributed by atoms with Crippen molar-refractivity contribution < 1.29 is 19.6 Å². The third-order valence-corrected chi connectivity index (χ3v) is 3.62. The van der Waals surface area contributed by atoms with E-state index in [1.54, 1.807) is 12.3 Å². The van der Waals surface area contributed by atoms with E-state index in [9.17, 15) is 19.7 Å². The van der Waals surface area contributed by atoms with Gasteiger partial charge in [-0.2, -0.15) is 0 Å². The summed E-state index contributed by atoms with van der Waals surface area (Å²) in [6, 6.07) is 4.39. The van der Waals surface area contributed by atoms with Crippen molar-refractivity contribution in [3.63, 3.8) is 0 Å². The number of carboxylic acids is 1. The fraction of sp³-hybridized carbons (Fsp3) is 0.333. The summed E-state index contributed by atoms with van der Waals surface area (Å²) in [5, 5.41) is 23.0. The Balaban J connectivity index is 2.12. The van der Waals surface area contributed by atoms with Crippen molar-refractivity contribution in [3.8, 4) is 0 Å². The number of carbonyl (C=O) groups is 2. The van der Waals surface area contributed by atoms with Crippen LogP contribution in [-0.4, -0.2) is 33.4 Å². The van der Waals surface area contributed by atoms with Crippen molar-refractivity contribution >= 4 is 28.5 Å². The lowest BCUT2D eigenvalue weighted by molar-refractivity contribution is -0.384. The Morgan fingerprint density at radius 1 is 1.39 bits per heavy atom. The van der Waals surface area contributed by atoms with Gasteiger partial charge in [0.15, 0.2) is 0 Å². The first-order valence-electron chi connectivity index (χ1n) is 6.95. The van der Waals surface area contributed by atoms with Gasteiger partial charge >= 0.3 is 5.97 Å². The van der Waals surface area contributed by atoms with Crippen LogP contribution in [0.2, 0.25) is 0 Å². The second-order valence-corrected chi connectivity index (χ2v) is 5.94. The summed E-state index contributed by atoms with van der Waals surface area (Å²) in [6.07, 6.45) is 1.63. The number of nitro benzene ring substituents is 1. The maximum Gasteiger partial charge on any atom is 0.310 e. The van der Waals surface area contributed by atoms with Crippen LogP contribution in [0.15, 0.2) is 24.4 Å². The van der Waals surface area contributed by atoms with Gasteiger partial charge in [-0.25, -0.2) is 0 Å². The smallest absolute Gasteiger partial charge is 0.310 e. The molecule has 0 spiro atoms. The number of non-ortho nitro benzene ring substituents is 1. The topological polar surface area (TPSA) is 125 Å². The van der Waals surface area contributed by atoms with Crippen LogP contribution in [0.25, 0.3) is 10.9 Å². The first kappa shape index (κ1) is 16.5. The Hall–Kier alpha value is -2.90. The number of hydrogen-bond donors (Lipinski definition) is 3. The second-order valence-electron chi connectivity index (χ2n) is 5.94. The van der Waals surface area contributed by atoms with E-state index >= 15 is 0 Å². The summed E-state index contributed by atoms with van der Waals surface area (Å²) >= 11 is 0. The molecule has 1 heterocycles. The zero-order valence-corrected chi connectivity index (χ0v) is 12.8. The minimum atomic E-state index is -1.06. The van der Waals surface area contributed by atoms with Crippen LogP contribution < -0.4 is 5.32 Å². The molecule has 0 saturated heterocycles. The molecule has 122 valence electrons. The molecule has 23 heavy (non-hydrogen) atoms. The molecule has 3 N–H and O–H groups in total. The summed E-state index contributed by atoms with van der Waals surface area (Å²) < 4.78 is 0. The molecule has 1 aromatic carbocycles. The molecule has 0 unspecified atom stereocenters.